The first kappa shape index (κ1) is 11.7. The lowest BCUT2D eigenvalue weighted by Gasteiger charge is -2.05. The lowest BCUT2D eigenvalue weighted by atomic mass is 10.3. The molecule has 0 aromatic carbocycles. The summed E-state index contributed by atoms with van der Waals surface area (Å²) < 4.78 is 7.25. The van der Waals surface area contributed by atoms with Gasteiger partial charge >= 0.3 is 0 Å². The molecule has 2 rings (SSSR count). The van der Waals surface area contributed by atoms with Gasteiger partial charge in [0.25, 0.3) is 0 Å². The Balaban J connectivity index is 2.02. The second-order valence-electron chi connectivity index (χ2n) is 3.68. The summed E-state index contributed by atoms with van der Waals surface area (Å²) in [7, 11) is 1.79. The van der Waals surface area contributed by atoms with Crippen molar-refractivity contribution >= 4 is 11.3 Å². The van der Waals surface area contributed by atoms with Gasteiger partial charge in [-0.25, -0.2) is 4.68 Å². The first-order valence-corrected chi connectivity index (χ1v) is 6.19. The van der Waals surface area contributed by atoms with Crippen LogP contribution in [0.5, 0.6) is 5.88 Å². The van der Waals surface area contributed by atoms with Gasteiger partial charge < -0.3 is 4.74 Å². The molecule has 88 valence electrons. The maximum Gasteiger partial charge on any atom is 0.230 e. The predicted molar refractivity (Wildman–Crippen MR) is 66.2 cm³/mol. The predicted octanol–water partition coefficient (Wildman–Crippen LogP) is 2.28. The number of rotatable bonds is 4. The van der Waals surface area contributed by atoms with E-state index < -0.39 is 0 Å². The average molecular weight is 247 g/mol. The molecule has 0 aliphatic heterocycles. The highest BCUT2D eigenvalue weighted by Crippen LogP contribution is 2.20. The van der Waals surface area contributed by atoms with Gasteiger partial charge in [0.2, 0.25) is 5.88 Å². The van der Waals surface area contributed by atoms with E-state index in [9.17, 15) is 0 Å². The van der Waals surface area contributed by atoms with Crippen LogP contribution in [-0.4, -0.2) is 16.4 Å². The molecule has 0 spiro atoms. The van der Waals surface area contributed by atoms with Crippen molar-refractivity contribution in [2.45, 2.75) is 13.3 Å². The van der Waals surface area contributed by atoms with Gasteiger partial charge in [0.1, 0.15) is 11.6 Å². The van der Waals surface area contributed by atoms with Crippen LogP contribution < -0.4 is 4.74 Å². The Labute approximate surface area is 104 Å². The number of ether oxygens (including phenoxy) is 1. The molecule has 0 fully saturated rings. The van der Waals surface area contributed by atoms with Crippen molar-refractivity contribution in [1.29, 1.82) is 5.26 Å². The lowest BCUT2D eigenvalue weighted by molar-refractivity contribution is 0.294. The molecule has 5 heteroatoms. The van der Waals surface area contributed by atoms with Crippen molar-refractivity contribution < 1.29 is 4.74 Å². The molecule has 2 aromatic rings. The topological polar surface area (TPSA) is 50.8 Å². The highest BCUT2D eigenvalue weighted by Gasteiger charge is 2.13. The molecule has 0 atom stereocenters. The maximum absolute atomic E-state index is 9.01. The van der Waals surface area contributed by atoms with E-state index in [-0.39, 0.29) is 0 Å². The number of hydrogen-bond donors (Lipinski definition) is 0. The fourth-order valence-electron chi connectivity index (χ4n) is 1.63. The molecule has 0 saturated carbocycles. The molecule has 0 unspecified atom stereocenters. The smallest absolute Gasteiger partial charge is 0.230 e. The first-order chi connectivity index (χ1) is 8.22. The zero-order valence-corrected chi connectivity index (χ0v) is 10.6. The number of hydrogen-bond acceptors (Lipinski definition) is 4. The molecule has 0 N–H and O–H groups in total. The summed E-state index contributed by atoms with van der Waals surface area (Å²) in [6.45, 7) is 2.37. The molecule has 0 bridgehead atoms. The molecule has 2 aromatic heterocycles. The Kier molecular flexibility index (Phi) is 3.45. The van der Waals surface area contributed by atoms with Crippen molar-refractivity contribution in [3.8, 4) is 11.9 Å². The Morgan fingerprint density at radius 3 is 3.06 bits per heavy atom. The molecule has 0 amide bonds. The lowest BCUT2D eigenvalue weighted by Crippen LogP contribution is -2.05. The molecular weight excluding hydrogens is 234 g/mol. The van der Waals surface area contributed by atoms with Crippen LogP contribution in [0.2, 0.25) is 0 Å². The minimum absolute atomic E-state index is 0.527. The largest absolute Gasteiger partial charge is 0.477 e. The van der Waals surface area contributed by atoms with Gasteiger partial charge in [-0.2, -0.15) is 10.4 Å². The summed E-state index contributed by atoms with van der Waals surface area (Å²) in [5.74, 6) is 0.557. The summed E-state index contributed by atoms with van der Waals surface area (Å²) in [6, 6.07) is 6.22. The van der Waals surface area contributed by atoms with E-state index in [1.165, 1.54) is 4.88 Å². The fourth-order valence-corrected chi connectivity index (χ4v) is 2.32. The van der Waals surface area contributed by atoms with E-state index in [0.29, 0.717) is 23.7 Å². The Morgan fingerprint density at radius 1 is 1.59 bits per heavy atom. The van der Waals surface area contributed by atoms with Gasteiger partial charge in [0, 0.05) is 18.3 Å². The van der Waals surface area contributed by atoms with Gasteiger partial charge in [-0.1, -0.05) is 6.07 Å². The highest BCUT2D eigenvalue weighted by atomic mass is 32.1. The van der Waals surface area contributed by atoms with Crippen LogP contribution in [0.4, 0.5) is 0 Å². The molecule has 0 saturated heterocycles. The standard InChI is InChI=1S/C12H13N3OS/c1-9-11(8-13)12(15(2)14-9)16-6-5-10-4-3-7-17-10/h3-4,7H,5-6H2,1-2H3. The van der Waals surface area contributed by atoms with Crippen molar-refractivity contribution in [1.82, 2.24) is 9.78 Å². The second-order valence-corrected chi connectivity index (χ2v) is 4.71. The Morgan fingerprint density at radius 2 is 2.41 bits per heavy atom. The number of nitrogens with zero attached hydrogens (tertiary/aromatic N) is 3. The third-order valence-electron chi connectivity index (χ3n) is 2.45. The molecule has 4 nitrogen and oxygen atoms in total. The molecule has 0 radical (unpaired) electrons. The van der Waals surface area contributed by atoms with Crippen LogP contribution in [0.15, 0.2) is 17.5 Å². The molecule has 2 heterocycles. The van der Waals surface area contributed by atoms with E-state index in [1.807, 2.05) is 18.4 Å². The molecule has 0 aliphatic carbocycles. The minimum atomic E-state index is 0.527. The summed E-state index contributed by atoms with van der Waals surface area (Å²) in [5.41, 5.74) is 1.24. The third kappa shape index (κ3) is 2.48. The summed E-state index contributed by atoms with van der Waals surface area (Å²) in [5, 5.41) is 15.2. The van der Waals surface area contributed by atoms with E-state index in [1.54, 1.807) is 23.1 Å². The highest BCUT2D eigenvalue weighted by molar-refractivity contribution is 7.09. The number of aryl methyl sites for hydroxylation is 2. The van der Waals surface area contributed by atoms with Crippen LogP contribution in [0.3, 0.4) is 0 Å². The van der Waals surface area contributed by atoms with Gasteiger partial charge in [-0.15, -0.1) is 11.3 Å². The zero-order chi connectivity index (χ0) is 12.3. The van der Waals surface area contributed by atoms with Gasteiger partial charge in [0.15, 0.2) is 0 Å². The van der Waals surface area contributed by atoms with Crippen molar-refractivity contribution in [3.05, 3.63) is 33.6 Å². The third-order valence-corrected chi connectivity index (χ3v) is 3.38. The zero-order valence-electron chi connectivity index (χ0n) is 9.80. The Bertz CT molecular complexity index is 537. The first-order valence-electron chi connectivity index (χ1n) is 5.31. The second kappa shape index (κ2) is 5.02. The molecule has 0 aliphatic rings. The number of thiophene rings is 1. The minimum Gasteiger partial charge on any atom is -0.477 e. The van der Waals surface area contributed by atoms with Crippen LogP contribution in [0.25, 0.3) is 0 Å². The van der Waals surface area contributed by atoms with Crippen molar-refractivity contribution in [2.24, 2.45) is 7.05 Å². The number of nitriles is 1. The van der Waals surface area contributed by atoms with Crippen LogP contribution in [0, 0.1) is 18.3 Å². The van der Waals surface area contributed by atoms with Gasteiger partial charge in [-0.3, -0.25) is 0 Å². The van der Waals surface area contributed by atoms with Gasteiger partial charge in [-0.05, 0) is 18.4 Å². The van der Waals surface area contributed by atoms with E-state index >= 15 is 0 Å². The van der Waals surface area contributed by atoms with E-state index in [0.717, 1.165) is 6.42 Å². The average Bonchev–Trinajstić information content (AvgIpc) is 2.88. The maximum atomic E-state index is 9.01. The normalized spacial score (nSPS) is 10.2. The Hall–Kier alpha value is -1.80. The van der Waals surface area contributed by atoms with Crippen molar-refractivity contribution in [3.63, 3.8) is 0 Å². The quantitative estimate of drug-likeness (QED) is 0.833. The number of aromatic nitrogens is 2. The van der Waals surface area contributed by atoms with E-state index in [4.69, 9.17) is 10.00 Å². The summed E-state index contributed by atoms with van der Waals surface area (Å²) in [4.78, 5) is 1.28. The van der Waals surface area contributed by atoms with Crippen LogP contribution >= 0.6 is 11.3 Å². The van der Waals surface area contributed by atoms with Crippen molar-refractivity contribution in [2.75, 3.05) is 6.61 Å². The van der Waals surface area contributed by atoms with Gasteiger partial charge in [0.05, 0.1) is 12.3 Å². The molecule has 17 heavy (non-hydrogen) atoms. The van der Waals surface area contributed by atoms with E-state index in [2.05, 4.69) is 17.2 Å². The van der Waals surface area contributed by atoms with Crippen LogP contribution in [0.1, 0.15) is 16.1 Å². The summed E-state index contributed by atoms with van der Waals surface area (Å²) in [6.07, 6.45) is 0.854. The summed E-state index contributed by atoms with van der Waals surface area (Å²) >= 11 is 1.71. The SMILES string of the molecule is Cc1nn(C)c(OCCc2cccs2)c1C#N. The molecular formula is C12H13N3OS. The van der Waals surface area contributed by atoms with Crippen LogP contribution in [-0.2, 0) is 13.5 Å². The monoisotopic (exact) mass is 247 g/mol. The fraction of sp³-hybridized carbons (Fsp3) is 0.333.